The van der Waals surface area contributed by atoms with Gasteiger partial charge in [-0.3, -0.25) is 4.98 Å². The minimum Gasteiger partial charge on any atom is -0.350 e. The fourth-order valence-corrected chi connectivity index (χ4v) is 3.44. The molecule has 0 bridgehead atoms. The highest BCUT2D eigenvalue weighted by atomic mass is 15.2. The van der Waals surface area contributed by atoms with E-state index in [1.165, 1.54) is 12.8 Å². The van der Waals surface area contributed by atoms with Gasteiger partial charge in [-0.15, -0.1) is 0 Å². The molecule has 2 heterocycles. The van der Waals surface area contributed by atoms with Gasteiger partial charge < -0.3 is 16.4 Å². The standard InChI is InChI=1S/C21H24N6/c22-18-3-1-2-4-19(18)26-21-24-14-11-20(27-21)25-17-7-5-15(6-8-17)16-9-12-23-13-10-16/h5-14,18-19H,1-4,22H2,(H2,24,25,26,27)/t18-,19+/m0/s1. The number of pyridine rings is 1. The Labute approximate surface area is 159 Å². The SMILES string of the molecule is N[C@H]1CCCC[C@H]1Nc1nccc(Nc2ccc(-c3ccncc3)cc2)n1. The van der Waals surface area contributed by atoms with Gasteiger partial charge >= 0.3 is 0 Å². The molecule has 6 heteroatoms. The second kappa shape index (κ2) is 8.14. The molecule has 0 saturated heterocycles. The van der Waals surface area contributed by atoms with Gasteiger partial charge in [0.1, 0.15) is 5.82 Å². The molecule has 0 spiro atoms. The van der Waals surface area contributed by atoms with E-state index in [9.17, 15) is 0 Å². The Balaban J connectivity index is 1.43. The fourth-order valence-electron chi connectivity index (χ4n) is 3.44. The number of anilines is 3. The third-order valence-electron chi connectivity index (χ3n) is 4.96. The number of nitrogens with zero attached hydrogens (tertiary/aromatic N) is 3. The summed E-state index contributed by atoms with van der Waals surface area (Å²) < 4.78 is 0. The normalized spacial score (nSPS) is 19.4. The average Bonchev–Trinajstić information content (AvgIpc) is 2.71. The Hall–Kier alpha value is -2.99. The van der Waals surface area contributed by atoms with Crippen molar-refractivity contribution in [3.05, 3.63) is 61.1 Å². The minimum absolute atomic E-state index is 0.166. The first-order valence-corrected chi connectivity index (χ1v) is 9.40. The Morgan fingerprint density at radius 3 is 2.37 bits per heavy atom. The number of rotatable bonds is 5. The average molecular weight is 360 g/mol. The molecular formula is C21H24N6. The number of benzene rings is 1. The molecule has 1 fully saturated rings. The summed E-state index contributed by atoms with van der Waals surface area (Å²) in [6, 6.07) is 14.5. The van der Waals surface area contributed by atoms with Crippen LogP contribution in [0.4, 0.5) is 17.5 Å². The van der Waals surface area contributed by atoms with E-state index in [1.54, 1.807) is 18.6 Å². The Morgan fingerprint density at radius 2 is 1.59 bits per heavy atom. The predicted molar refractivity (Wildman–Crippen MR) is 109 cm³/mol. The van der Waals surface area contributed by atoms with Gasteiger partial charge in [0.15, 0.2) is 0 Å². The molecule has 27 heavy (non-hydrogen) atoms. The number of hydrogen-bond acceptors (Lipinski definition) is 6. The second-order valence-electron chi connectivity index (χ2n) is 6.90. The summed E-state index contributed by atoms with van der Waals surface area (Å²) in [5, 5.41) is 6.73. The lowest BCUT2D eigenvalue weighted by Crippen LogP contribution is -2.42. The number of nitrogens with two attached hydrogens (primary N) is 1. The number of hydrogen-bond donors (Lipinski definition) is 3. The van der Waals surface area contributed by atoms with Crippen molar-refractivity contribution >= 4 is 17.5 Å². The van der Waals surface area contributed by atoms with Gasteiger partial charge in [0, 0.05) is 36.4 Å². The van der Waals surface area contributed by atoms with E-state index < -0.39 is 0 Å². The van der Waals surface area contributed by atoms with Crippen molar-refractivity contribution in [2.75, 3.05) is 10.6 Å². The van der Waals surface area contributed by atoms with Crippen molar-refractivity contribution in [3.63, 3.8) is 0 Å². The van der Waals surface area contributed by atoms with Gasteiger partial charge in [0.2, 0.25) is 5.95 Å². The highest BCUT2D eigenvalue weighted by Gasteiger charge is 2.22. The third kappa shape index (κ3) is 4.41. The summed E-state index contributed by atoms with van der Waals surface area (Å²) in [6.07, 6.45) is 9.89. The van der Waals surface area contributed by atoms with Crippen LogP contribution in [0.5, 0.6) is 0 Å². The molecule has 3 aromatic rings. The molecule has 2 aromatic heterocycles. The van der Waals surface area contributed by atoms with Crippen LogP contribution in [0.3, 0.4) is 0 Å². The monoisotopic (exact) mass is 360 g/mol. The molecular weight excluding hydrogens is 336 g/mol. The van der Waals surface area contributed by atoms with E-state index >= 15 is 0 Å². The first-order chi connectivity index (χ1) is 13.3. The van der Waals surface area contributed by atoms with Crippen LogP contribution in [0, 0.1) is 0 Å². The van der Waals surface area contributed by atoms with E-state index in [0.29, 0.717) is 5.95 Å². The van der Waals surface area contributed by atoms with Crippen LogP contribution >= 0.6 is 0 Å². The van der Waals surface area contributed by atoms with Crippen LogP contribution in [-0.4, -0.2) is 27.0 Å². The smallest absolute Gasteiger partial charge is 0.224 e. The van der Waals surface area contributed by atoms with Crippen LogP contribution in [0.15, 0.2) is 61.1 Å². The molecule has 1 aliphatic rings. The molecule has 1 aliphatic carbocycles. The van der Waals surface area contributed by atoms with Crippen LogP contribution < -0.4 is 16.4 Å². The molecule has 0 unspecified atom stereocenters. The molecule has 2 atom stereocenters. The van der Waals surface area contributed by atoms with Crippen LogP contribution in [0.2, 0.25) is 0 Å². The first kappa shape index (κ1) is 17.4. The van der Waals surface area contributed by atoms with Crippen molar-refractivity contribution in [1.29, 1.82) is 0 Å². The van der Waals surface area contributed by atoms with Gasteiger partial charge in [-0.25, -0.2) is 4.98 Å². The number of nitrogens with one attached hydrogen (secondary N) is 2. The Morgan fingerprint density at radius 1 is 0.852 bits per heavy atom. The predicted octanol–water partition coefficient (Wildman–Crippen LogP) is 3.96. The summed E-state index contributed by atoms with van der Waals surface area (Å²) in [5.41, 5.74) is 9.49. The zero-order valence-corrected chi connectivity index (χ0v) is 15.2. The fraction of sp³-hybridized carbons (Fsp3) is 0.286. The van der Waals surface area contributed by atoms with Crippen LogP contribution in [0.1, 0.15) is 25.7 Å². The second-order valence-corrected chi connectivity index (χ2v) is 6.90. The van der Waals surface area contributed by atoms with Gasteiger partial charge in [-0.05, 0) is 54.3 Å². The third-order valence-corrected chi connectivity index (χ3v) is 4.96. The van der Waals surface area contributed by atoms with E-state index in [-0.39, 0.29) is 12.1 Å². The molecule has 4 rings (SSSR count). The van der Waals surface area contributed by atoms with Crippen molar-refractivity contribution in [3.8, 4) is 11.1 Å². The maximum Gasteiger partial charge on any atom is 0.224 e. The van der Waals surface area contributed by atoms with Crippen molar-refractivity contribution in [1.82, 2.24) is 15.0 Å². The highest BCUT2D eigenvalue weighted by molar-refractivity contribution is 5.67. The summed E-state index contributed by atoms with van der Waals surface area (Å²) in [4.78, 5) is 13.0. The van der Waals surface area contributed by atoms with Crippen molar-refractivity contribution in [2.45, 2.75) is 37.8 Å². The molecule has 0 aliphatic heterocycles. The molecule has 0 radical (unpaired) electrons. The lowest BCUT2D eigenvalue weighted by Gasteiger charge is -2.29. The highest BCUT2D eigenvalue weighted by Crippen LogP contribution is 2.23. The maximum absolute atomic E-state index is 6.21. The Bertz CT molecular complexity index is 865. The van der Waals surface area contributed by atoms with Gasteiger partial charge in [-0.1, -0.05) is 25.0 Å². The minimum atomic E-state index is 0.166. The molecule has 6 nitrogen and oxygen atoms in total. The summed E-state index contributed by atoms with van der Waals surface area (Å²) in [5.74, 6) is 1.38. The topological polar surface area (TPSA) is 88.8 Å². The van der Waals surface area contributed by atoms with Gasteiger partial charge in [-0.2, -0.15) is 4.98 Å². The molecule has 0 amide bonds. The van der Waals surface area contributed by atoms with Crippen molar-refractivity contribution in [2.24, 2.45) is 5.73 Å². The summed E-state index contributed by atoms with van der Waals surface area (Å²) in [6.45, 7) is 0. The summed E-state index contributed by atoms with van der Waals surface area (Å²) >= 11 is 0. The largest absolute Gasteiger partial charge is 0.350 e. The van der Waals surface area contributed by atoms with E-state index in [4.69, 9.17) is 5.73 Å². The maximum atomic E-state index is 6.21. The first-order valence-electron chi connectivity index (χ1n) is 9.40. The van der Waals surface area contributed by atoms with E-state index in [2.05, 4.69) is 37.7 Å². The zero-order chi connectivity index (χ0) is 18.5. The summed E-state index contributed by atoms with van der Waals surface area (Å²) in [7, 11) is 0. The molecule has 1 saturated carbocycles. The van der Waals surface area contributed by atoms with Crippen LogP contribution in [-0.2, 0) is 0 Å². The van der Waals surface area contributed by atoms with Crippen LogP contribution in [0.25, 0.3) is 11.1 Å². The number of aromatic nitrogens is 3. The van der Waals surface area contributed by atoms with Crippen molar-refractivity contribution < 1.29 is 0 Å². The van der Waals surface area contributed by atoms with E-state index in [1.807, 2.05) is 30.3 Å². The molecule has 1 aromatic carbocycles. The quantitative estimate of drug-likeness (QED) is 0.638. The molecule has 4 N–H and O–H groups in total. The van der Waals surface area contributed by atoms with Gasteiger partial charge in [0.05, 0.1) is 0 Å². The lowest BCUT2D eigenvalue weighted by atomic mass is 9.91. The Kier molecular flexibility index (Phi) is 5.25. The van der Waals surface area contributed by atoms with Gasteiger partial charge in [0.25, 0.3) is 0 Å². The molecule has 138 valence electrons. The zero-order valence-electron chi connectivity index (χ0n) is 15.2. The lowest BCUT2D eigenvalue weighted by molar-refractivity contribution is 0.402. The van der Waals surface area contributed by atoms with E-state index in [0.717, 1.165) is 35.5 Å².